The van der Waals surface area contributed by atoms with Gasteiger partial charge < -0.3 is 15.2 Å². The second-order valence-corrected chi connectivity index (χ2v) is 6.53. The molecule has 6 heteroatoms. The van der Waals surface area contributed by atoms with E-state index in [1.165, 1.54) is 17.2 Å². The number of aryl methyl sites for hydroxylation is 1. The van der Waals surface area contributed by atoms with E-state index in [-0.39, 0.29) is 17.5 Å². The number of benzene rings is 1. The minimum atomic E-state index is -0.496. The number of aromatic amines is 1. The van der Waals surface area contributed by atoms with Gasteiger partial charge in [0.25, 0.3) is 17.4 Å². The van der Waals surface area contributed by atoms with Gasteiger partial charge in [-0.15, -0.1) is 0 Å². The van der Waals surface area contributed by atoms with Crippen LogP contribution in [0.3, 0.4) is 0 Å². The van der Waals surface area contributed by atoms with Crippen molar-refractivity contribution in [1.82, 2.24) is 15.2 Å². The number of aromatic nitrogens is 1. The van der Waals surface area contributed by atoms with Gasteiger partial charge in [0.05, 0.1) is 5.56 Å². The highest BCUT2D eigenvalue weighted by Gasteiger charge is 2.25. The molecule has 1 saturated carbocycles. The van der Waals surface area contributed by atoms with Crippen LogP contribution in [0.1, 0.15) is 44.7 Å². The quantitative estimate of drug-likeness (QED) is 0.872. The molecule has 0 bridgehead atoms. The van der Waals surface area contributed by atoms with Gasteiger partial charge in [0.15, 0.2) is 0 Å². The summed E-state index contributed by atoms with van der Waals surface area (Å²) in [5.74, 6) is -0.682. The van der Waals surface area contributed by atoms with Gasteiger partial charge >= 0.3 is 0 Å². The molecule has 2 amide bonds. The third kappa shape index (κ3) is 4.15. The van der Waals surface area contributed by atoms with Crippen LogP contribution >= 0.6 is 0 Å². The molecule has 1 aliphatic carbocycles. The third-order valence-electron chi connectivity index (χ3n) is 4.16. The molecule has 0 saturated heterocycles. The van der Waals surface area contributed by atoms with Gasteiger partial charge in [-0.25, -0.2) is 0 Å². The summed E-state index contributed by atoms with van der Waals surface area (Å²) in [6.07, 6.45) is 3.29. The molecule has 1 heterocycles. The SMILES string of the molecule is Cc1cccc(CN(C)C(=O)c2cc(C(=O)NC3CC3)c[nH]c2=O)c1. The summed E-state index contributed by atoms with van der Waals surface area (Å²) >= 11 is 0. The number of nitrogens with one attached hydrogen (secondary N) is 2. The molecule has 0 aliphatic heterocycles. The molecule has 1 aromatic carbocycles. The Morgan fingerprint density at radius 2 is 2.04 bits per heavy atom. The number of carbonyl (C=O) groups is 2. The Balaban J connectivity index is 1.78. The van der Waals surface area contributed by atoms with Crippen LogP contribution in [0, 0.1) is 6.92 Å². The molecule has 0 spiro atoms. The summed E-state index contributed by atoms with van der Waals surface area (Å²) in [6.45, 7) is 2.37. The number of pyridine rings is 1. The maximum atomic E-state index is 12.6. The molecular weight excluding hydrogens is 318 g/mol. The fraction of sp³-hybridized carbons (Fsp3) is 0.316. The molecule has 0 atom stereocenters. The van der Waals surface area contributed by atoms with Crippen LogP contribution < -0.4 is 10.9 Å². The number of nitrogens with zero attached hydrogens (tertiary/aromatic N) is 1. The Labute approximate surface area is 145 Å². The highest BCUT2D eigenvalue weighted by atomic mass is 16.2. The highest BCUT2D eigenvalue weighted by Crippen LogP contribution is 2.19. The van der Waals surface area contributed by atoms with Crippen LogP contribution in [-0.4, -0.2) is 34.8 Å². The van der Waals surface area contributed by atoms with Crippen molar-refractivity contribution in [2.75, 3.05) is 7.05 Å². The molecule has 3 rings (SSSR count). The van der Waals surface area contributed by atoms with Crippen molar-refractivity contribution in [2.45, 2.75) is 32.4 Å². The number of rotatable bonds is 5. The fourth-order valence-corrected chi connectivity index (χ4v) is 2.63. The van der Waals surface area contributed by atoms with Crippen molar-refractivity contribution in [3.05, 3.63) is 69.1 Å². The average Bonchev–Trinajstić information content (AvgIpc) is 3.38. The maximum Gasteiger partial charge on any atom is 0.260 e. The van der Waals surface area contributed by atoms with Gasteiger partial charge in [0, 0.05) is 25.8 Å². The first-order chi connectivity index (χ1) is 11.9. The van der Waals surface area contributed by atoms with Gasteiger partial charge in [-0.1, -0.05) is 29.8 Å². The zero-order chi connectivity index (χ0) is 18.0. The van der Waals surface area contributed by atoms with Crippen molar-refractivity contribution >= 4 is 11.8 Å². The van der Waals surface area contributed by atoms with Crippen molar-refractivity contribution < 1.29 is 9.59 Å². The van der Waals surface area contributed by atoms with E-state index in [1.807, 2.05) is 31.2 Å². The van der Waals surface area contributed by atoms with Crippen molar-refractivity contribution in [3.63, 3.8) is 0 Å². The van der Waals surface area contributed by atoms with Gasteiger partial charge in [-0.05, 0) is 31.4 Å². The number of H-pyrrole nitrogens is 1. The lowest BCUT2D eigenvalue weighted by Gasteiger charge is -2.17. The first-order valence-corrected chi connectivity index (χ1v) is 8.28. The summed E-state index contributed by atoms with van der Waals surface area (Å²) in [5, 5.41) is 2.85. The Kier molecular flexibility index (Phi) is 4.70. The second-order valence-electron chi connectivity index (χ2n) is 6.53. The first kappa shape index (κ1) is 17.0. The molecule has 0 unspecified atom stereocenters. The summed E-state index contributed by atoms with van der Waals surface area (Å²) in [5.41, 5.74) is 1.85. The van der Waals surface area contributed by atoms with Crippen molar-refractivity contribution in [3.8, 4) is 0 Å². The number of carbonyl (C=O) groups excluding carboxylic acids is 2. The van der Waals surface area contributed by atoms with Crippen LogP contribution in [0.2, 0.25) is 0 Å². The molecular formula is C19H21N3O3. The molecule has 0 radical (unpaired) electrons. The molecule has 6 nitrogen and oxygen atoms in total. The Hall–Kier alpha value is -2.89. The maximum absolute atomic E-state index is 12.6. The van der Waals surface area contributed by atoms with Crippen LogP contribution in [0.15, 0.2) is 41.3 Å². The van der Waals surface area contributed by atoms with E-state index in [4.69, 9.17) is 0 Å². The predicted octanol–water partition coefficient (Wildman–Crippen LogP) is 1.85. The number of hydrogen-bond donors (Lipinski definition) is 2. The molecule has 130 valence electrons. The lowest BCUT2D eigenvalue weighted by Crippen LogP contribution is -2.33. The van der Waals surface area contributed by atoms with E-state index < -0.39 is 11.5 Å². The van der Waals surface area contributed by atoms with E-state index in [2.05, 4.69) is 10.3 Å². The highest BCUT2D eigenvalue weighted by molar-refractivity contribution is 5.99. The largest absolute Gasteiger partial charge is 0.349 e. The van der Waals surface area contributed by atoms with Crippen LogP contribution in [0.25, 0.3) is 0 Å². The Morgan fingerprint density at radius 1 is 1.28 bits per heavy atom. The third-order valence-corrected chi connectivity index (χ3v) is 4.16. The van der Waals surface area contributed by atoms with Crippen molar-refractivity contribution in [2.24, 2.45) is 0 Å². The van der Waals surface area contributed by atoms with E-state index in [0.717, 1.165) is 24.0 Å². The normalized spacial score (nSPS) is 13.4. The lowest BCUT2D eigenvalue weighted by molar-refractivity contribution is 0.0783. The summed E-state index contributed by atoms with van der Waals surface area (Å²) in [4.78, 5) is 40.8. The smallest absolute Gasteiger partial charge is 0.260 e. The van der Waals surface area contributed by atoms with E-state index in [1.54, 1.807) is 7.05 Å². The average molecular weight is 339 g/mol. The molecule has 1 fully saturated rings. The van der Waals surface area contributed by atoms with Crippen LogP contribution in [0.4, 0.5) is 0 Å². The monoisotopic (exact) mass is 339 g/mol. The zero-order valence-electron chi connectivity index (χ0n) is 14.3. The summed E-state index contributed by atoms with van der Waals surface area (Å²) in [6, 6.07) is 9.42. The standard InChI is InChI=1S/C19H21N3O3/c1-12-4-3-5-13(8-12)11-22(2)19(25)16-9-14(10-20-18(16)24)17(23)21-15-6-7-15/h3-5,8-10,15H,6-7,11H2,1-2H3,(H,20,24)(H,21,23). The van der Waals surface area contributed by atoms with Crippen LogP contribution in [0.5, 0.6) is 0 Å². The fourth-order valence-electron chi connectivity index (χ4n) is 2.63. The predicted molar refractivity (Wildman–Crippen MR) is 94.5 cm³/mol. The number of amides is 2. The Bertz CT molecular complexity index is 868. The second kappa shape index (κ2) is 6.93. The minimum absolute atomic E-state index is 0.0291. The molecule has 2 N–H and O–H groups in total. The molecule has 1 aliphatic rings. The van der Waals surface area contributed by atoms with E-state index in [9.17, 15) is 14.4 Å². The van der Waals surface area contributed by atoms with E-state index >= 15 is 0 Å². The van der Waals surface area contributed by atoms with Gasteiger partial charge in [0.2, 0.25) is 0 Å². The number of hydrogen-bond acceptors (Lipinski definition) is 3. The van der Waals surface area contributed by atoms with E-state index in [0.29, 0.717) is 12.1 Å². The topological polar surface area (TPSA) is 82.3 Å². The van der Waals surface area contributed by atoms with Gasteiger partial charge in [-0.2, -0.15) is 0 Å². The Morgan fingerprint density at radius 3 is 2.72 bits per heavy atom. The first-order valence-electron chi connectivity index (χ1n) is 8.28. The zero-order valence-corrected chi connectivity index (χ0v) is 14.3. The van der Waals surface area contributed by atoms with Crippen molar-refractivity contribution in [1.29, 1.82) is 0 Å². The minimum Gasteiger partial charge on any atom is -0.349 e. The van der Waals surface area contributed by atoms with Gasteiger partial charge in [0.1, 0.15) is 5.56 Å². The molecule has 25 heavy (non-hydrogen) atoms. The summed E-state index contributed by atoms with van der Waals surface area (Å²) in [7, 11) is 1.64. The van der Waals surface area contributed by atoms with Gasteiger partial charge in [-0.3, -0.25) is 14.4 Å². The molecule has 2 aromatic rings. The van der Waals surface area contributed by atoms with Crippen LogP contribution in [-0.2, 0) is 6.54 Å². The lowest BCUT2D eigenvalue weighted by atomic mass is 10.1. The summed E-state index contributed by atoms with van der Waals surface area (Å²) < 4.78 is 0. The molecule has 1 aromatic heterocycles.